The van der Waals surface area contributed by atoms with Crippen LogP contribution >= 0.6 is 0 Å². The third-order valence-electron chi connectivity index (χ3n) is 6.17. The number of hydrogen-bond acceptors (Lipinski definition) is 5. The minimum Gasteiger partial charge on any atom is -0.486 e. The smallest absolute Gasteiger partial charge is 0.251 e. The highest BCUT2D eigenvalue weighted by Crippen LogP contribution is 2.31. The van der Waals surface area contributed by atoms with Crippen LogP contribution in [0.5, 0.6) is 11.5 Å². The minimum atomic E-state index is -0.0519. The van der Waals surface area contributed by atoms with Gasteiger partial charge in [0.25, 0.3) is 5.91 Å². The molecule has 0 spiro atoms. The topological polar surface area (TPSA) is 85.6 Å². The molecule has 4 rings (SSSR count). The molecule has 0 saturated heterocycles. The van der Waals surface area contributed by atoms with Gasteiger partial charge in [-0.3, -0.25) is 4.79 Å². The van der Waals surface area contributed by atoms with Crippen molar-refractivity contribution in [2.75, 3.05) is 30.8 Å². The number of aryl methyl sites for hydroxylation is 2. The summed E-state index contributed by atoms with van der Waals surface area (Å²) < 4.78 is 11.1. The van der Waals surface area contributed by atoms with E-state index in [1.54, 1.807) is 12.1 Å². The Morgan fingerprint density at radius 2 is 1.83 bits per heavy atom. The molecular weight excluding hydrogens is 378 g/mol. The Morgan fingerprint density at radius 1 is 1.07 bits per heavy atom. The first-order chi connectivity index (χ1) is 14.5. The summed E-state index contributed by atoms with van der Waals surface area (Å²) in [6.07, 6.45) is 4.25. The number of nitrogens with one attached hydrogen (secondary N) is 2. The van der Waals surface area contributed by atoms with Gasteiger partial charge >= 0.3 is 0 Å². The van der Waals surface area contributed by atoms with Gasteiger partial charge in [-0.1, -0.05) is 6.42 Å². The highest BCUT2D eigenvalue weighted by atomic mass is 16.6. The number of fused-ring (bicyclic) bond motifs is 1. The fourth-order valence-electron chi connectivity index (χ4n) is 4.31. The molecule has 6 heteroatoms. The number of nitrogen functional groups attached to an aromatic ring is 1. The second-order valence-electron chi connectivity index (χ2n) is 8.47. The summed E-state index contributed by atoms with van der Waals surface area (Å²) in [5.74, 6) is 1.80. The molecule has 2 atom stereocenters. The van der Waals surface area contributed by atoms with Crippen LogP contribution in [0.4, 0.5) is 11.4 Å². The number of nitrogens with two attached hydrogens (primary N) is 1. The van der Waals surface area contributed by atoms with Gasteiger partial charge in [-0.2, -0.15) is 0 Å². The molecular formula is C24H31N3O3. The van der Waals surface area contributed by atoms with Crippen LogP contribution in [-0.4, -0.2) is 31.7 Å². The Hall–Kier alpha value is -2.89. The summed E-state index contributed by atoms with van der Waals surface area (Å²) in [6, 6.07) is 9.71. The molecule has 160 valence electrons. The van der Waals surface area contributed by atoms with Gasteiger partial charge in [0.2, 0.25) is 0 Å². The standard InChI is InChI=1S/C24H31N3O3/c1-15-10-20(25)21(11-16(15)2)26-14-17-4-3-5-19(12-17)27-24(28)18-6-7-22-23(13-18)30-9-8-29-22/h6-7,10-11,13,17,19,26H,3-5,8-9,12,14,25H2,1-2H3,(H,27,28). The first kappa shape index (κ1) is 20.4. The molecule has 0 aromatic heterocycles. The van der Waals surface area contributed by atoms with Gasteiger partial charge in [0.1, 0.15) is 13.2 Å². The van der Waals surface area contributed by atoms with E-state index in [0.717, 1.165) is 43.6 Å². The van der Waals surface area contributed by atoms with E-state index in [-0.39, 0.29) is 11.9 Å². The molecule has 30 heavy (non-hydrogen) atoms. The molecule has 6 nitrogen and oxygen atoms in total. The molecule has 2 aromatic carbocycles. The molecule has 1 saturated carbocycles. The van der Waals surface area contributed by atoms with Crippen LogP contribution in [0, 0.1) is 19.8 Å². The molecule has 4 N–H and O–H groups in total. The van der Waals surface area contributed by atoms with Gasteiger partial charge in [-0.05, 0) is 80.5 Å². The Bertz CT molecular complexity index is 928. The summed E-state index contributed by atoms with van der Waals surface area (Å²) in [7, 11) is 0. The fourth-order valence-corrected chi connectivity index (χ4v) is 4.31. The van der Waals surface area contributed by atoms with E-state index >= 15 is 0 Å². The number of carbonyl (C=O) groups is 1. The molecule has 1 heterocycles. The zero-order chi connectivity index (χ0) is 21.1. The molecule has 1 aliphatic carbocycles. The molecule has 2 unspecified atom stereocenters. The van der Waals surface area contributed by atoms with Gasteiger partial charge in [-0.25, -0.2) is 0 Å². The third-order valence-corrected chi connectivity index (χ3v) is 6.17. The lowest BCUT2D eigenvalue weighted by atomic mass is 9.85. The van der Waals surface area contributed by atoms with Crippen molar-refractivity contribution in [3.8, 4) is 11.5 Å². The number of amides is 1. The fraction of sp³-hybridized carbons (Fsp3) is 0.458. The van der Waals surface area contributed by atoms with Crippen molar-refractivity contribution in [1.82, 2.24) is 5.32 Å². The summed E-state index contributed by atoms with van der Waals surface area (Å²) >= 11 is 0. The van der Waals surface area contributed by atoms with Crippen LogP contribution in [0.15, 0.2) is 30.3 Å². The van der Waals surface area contributed by atoms with E-state index in [1.807, 2.05) is 12.1 Å². The van der Waals surface area contributed by atoms with Crippen molar-refractivity contribution in [2.24, 2.45) is 5.92 Å². The summed E-state index contributed by atoms with van der Waals surface area (Å²) in [6.45, 7) is 6.10. The van der Waals surface area contributed by atoms with Crippen LogP contribution in [0.25, 0.3) is 0 Å². The summed E-state index contributed by atoms with van der Waals surface area (Å²) in [5, 5.41) is 6.73. The third kappa shape index (κ3) is 4.64. The van der Waals surface area contributed by atoms with Gasteiger partial charge < -0.3 is 25.8 Å². The van der Waals surface area contributed by atoms with Crippen LogP contribution in [0.2, 0.25) is 0 Å². The average Bonchev–Trinajstić information content (AvgIpc) is 2.75. The number of carbonyl (C=O) groups excluding carboxylic acids is 1. The number of benzene rings is 2. The predicted molar refractivity (Wildman–Crippen MR) is 119 cm³/mol. The molecule has 0 radical (unpaired) electrons. The molecule has 0 bridgehead atoms. The largest absolute Gasteiger partial charge is 0.486 e. The van der Waals surface area contributed by atoms with Crippen molar-refractivity contribution >= 4 is 17.3 Å². The van der Waals surface area contributed by atoms with Crippen molar-refractivity contribution < 1.29 is 14.3 Å². The zero-order valence-electron chi connectivity index (χ0n) is 17.8. The molecule has 2 aliphatic rings. The minimum absolute atomic E-state index is 0.0519. The first-order valence-corrected chi connectivity index (χ1v) is 10.8. The normalized spacial score (nSPS) is 20.5. The van der Waals surface area contributed by atoms with E-state index in [2.05, 4.69) is 30.5 Å². The van der Waals surface area contributed by atoms with Crippen molar-refractivity contribution in [3.05, 3.63) is 47.0 Å². The monoisotopic (exact) mass is 409 g/mol. The van der Waals surface area contributed by atoms with Crippen molar-refractivity contribution in [2.45, 2.75) is 45.6 Å². The molecule has 1 aliphatic heterocycles. The molecule has 1 amide bonds. The number of anilines is 2. The van der Waals surface area contributed by atoms with E-state index in [4.69, 9.17) is 15.2 Å². The SMILES string of the molecule is Cc1cc(N)c(NCC2CCCC(NC(=O)c3ccc4c(c3)OCCO4)C2)cc1C. The average molecular weight is 410 g/mol. The highest BCUT2D eigenvalue weighted by molar-refractivity contribution is 5.95. The van der Waals surface area contributed by atoms with Gasteiger partial charge in [0.05, 0.1) is 11.4 Å². The van der Waals surface area contributed by atoms with E-state index in [0.29, 0.717) is 36.2 Å². The number of rotatable bonds is 5. The quantitative estimate of drug-likeness (QED) is 0.649. The zero-order valence-corrected chi connectivity index (χ0v) is 17.8. The predicted octanol–water partition coefficient (Wildman–Crippen LogP) is 4.06. The van der Waals surface area contributed by atoms with E-state index < -0.39 is 0 Å². The van der Waals surface area contributed by atoms with Crippen LogP contribution < -0.4 is 25.8 Å². The summed E-state index contributed by atoms with van der Waals surface area (Å²) in [5.41, 5.74) is 11.0. The van der Waals surface area contributed by atoms with Crippen molar-refractivity contribution in [3.63, 3.8) is 0 Å². The van der Waals surface area contributed by atoms with Crippen LogP contribution in [-0.2, 0) is 0 Å². The molecule has 2 aromatic rings. The van der Waals surface area contributed by atoms with E-state index in [9.17, 15) is 4.79 Å². The lowest BCUT2D eigenvalue weighted by molar-refractivity contribution is 0.0919. The van der Waals surface area contributed by atoms with Crippen LogP contribution in [0.1, 0.15) is 47.2 Å². The maximum Gasteiger partial charge on any atom is 0.251 e. The lowest BCUT2D eigenvalue weighted by Crippen LogP contribution is -2.39. The number of hydrogen-bond donors (Lipinski definition) is 3. The Labute approximate surface area is 178 Å². The molecule has 1 fully saturated rings. The number of ether oxygens (including phenoxy) is 2. The first-order valence-electron chi connectivity index (χ1n) is 10.8. The maximum atomic E-state index is 12.8. The van der Waals surface area contributed by atoms with Gasteiger partial charge in [-0.15, -0.1) is 0 Å². The Balaban J connectivity index is 1.33. The van der Waals surface area contributed by atoms with Gasteiger partial charge in [0, 0.05) is 18.2 Å². The Kier molecular flexibility index (Phi) is 6.02. The second-order valence-corrected chi connectivity index (χ2v) is 8.47. The van der Waals surface area contributed by atoms with Crippen LogP contribution in [0.3, 0.4) is 0 Å². The second kappa shape index (κ2) is 8.86. The maximum absolute atomic E-state index is 12.8. The van der Waals surface area contributed by atoms with E-state index in [1.165, 1.54) is 11.1 Å². The lowest BCUT2D eigenvalue weighted by Gasteiger charge is -2.30. The van der Waals surface area contributed by atoms with Gasteiger partial charge in [0.15, 0.2) is 11.5 Å². The summed E-state index contributed by atoms with van der Waals surface area (Å²) in [4.78, 5) is 12.8. The van der Waals surface area contributed by atoms with Crippen molar-refractivity contribution in [1.29, 1.82) is 0 Å². The Morgan fingerprint density at radius 3 is 2.67 bits per heavy atom. The highest BCUT2D eigenvalue weighted by Gasteiger charge is 2.24.